The third-order valence-corrected chi connectivity index (χ3v) is 4.60. The largest absolute Gasteiger partial charge is 0.324 e. The van der Waals surface area contributed by atoms with E-state index in [2.05, 4.69) is 15.9 Å². The van der Waals surface area contributed by atoms with Gasteiger partial charge in [-0.25, -0.2) is 4.39 Å². The number of hydrogen-bond acceptors (Lipinski definition) is 2. The first-order valence-electron chi connectivity index (χ1n) is 5.31. The summed E-state index contributed by atoms with van der Waals surface area (Å²) in [4.78, 5) is 1.15. The molecular formula is C13H13BrFNS. The van der Waals surface area contributed by atoms with E-state index in [1.165, 1.54) is 6.07 Å². The zero-order valence-electron chi connectivity index (χ0n) is 9.41. The molecule has 0 radical (unpaired) electrons. The molecule has 1 heterocycles. The van der Waals surface area contributed by atoms with Crippen LogP contribution >= 0.6 is 27.3 Å². The van der Waals surface area contributed by atoms with Gasteiger partial charge in [-0.3, -0.25) is 0 Å². The van der Waals surface area contributed by atoms with Crippen LogP contribution in [0.1, 0.15) is 22.0 Å². The highest BCUT2D eigenvalue weighted by Gasteiger charge is 2.14. The summed E-state index contributed by atoms with van der Waals surface area (Å²) in [5.41, 5.74) is 7.54. The lowest BCUT2D eigenvalue weighted by Gasteiger charge is -2.12. The van der Waals surface area contributed by atoms with Gasteiger partial charge in [0.2, 0.25) is 0 Å². The fourth-order valence-electron chi connectivity index (χ4n) is 1.71. The maximum Gasteiger partial charge on any atom is 0.128 e. The Morgan fingerprint density at radius 3 is 2.76 bits per heavy atom. The highest BCUT2D eigenvalue weighted by Crippen LogP contribution is 2.28. The Morgan fingerprint density at radius 1 is 1.41 bits per heavy atom. The fourth-order valence-corrected chi connectivity index (χ4v) is 3.29. The minimum Gasteiger partial charge on any atom is -0.324 e. The van der Waals surface area contributed by atoms with Crippen molar-refractivity contribution >= 4 is 27.3 Å². The van der Waals surface area contributed by atoms with E-state index in [0.29, 0.717) is 12.0 Å². The van der Waals surface area contributed by atoms with Crippen molar-refractivity contribution in [3.05, 3.63) is 55.9 Å². The molecule has 0 fully saturated rings. The zero-order valence-corrected chi connectivity index (χ0v) is 11.8. The fraction of sp³-hybridized carbons (Fsp3) is 0.231. The van der Waals surface area contributed by atoms with E-state index in [1.807, 2.05) is 24.4 Å². The van der Waals surface area contributed by atoms with Gasteiger partial charge in [-0.2, -0.15) is 0 Å². The van der Waals surface area contributed by atoms with Gasteiger partial charge in [-0.05, 0) is 45.9 Å². The van der Waals surface area contributed by atoms with Gasteiger partial charge in [-0.15, -0.1) is 11.3 Å². The van der Waals surface area contributed by atoms with Crippen molar-refractivity contribution in [3.63, 3.8) is 0 Å². The normalized spacial score (nSPS) is 12.7. The maximum atomic E-state index is 13.7. The summed E-state index contributed by atoms with van der Waals surface area (Å²) in [6.45, 7) is 1.87. The van der Waals surface area contributed by atoms with E-state index in [9.17, 15) is 4.39 Å². The van der Waals surface area contributed by atoms with Crippen LogP contribution in [-0.2, 0) is 6.42 Å². The van der Waals surface area contributed by atoms with Gasteiger partial charge >= 0.3 is 0 Å². The first-order chi connectivity index (χ1) is 8.08. The van der Waals surface area contributed by atoms with Crippen molar-refractivity contribution in [2.75, 3.05) is 0 Å². The van der Waals surface area contributed by atoms with Crippen LogP contribution in [0.25, 0.3) is 0 Å². The molecule has 2 aromatic rings. The van der Waals surface area contributed by atoms with Crippen molar-refractivity contribution in [1.82, 2.24) is 0 Å². The van der Waals surface area contributed by atoms with Crippen molar-refractivity contribution in [3.8, 4) is 0 Å². The number of benzene rings is 1. The van der Waals surface area contributed by atoms with Gasteiger partial charge < -0.3 is 5.73 Å². The molecule has 0 aliphatic carbocycles. The molecule has 2 rings (SSSR count). The highest BCUT2D eigenvalue weighted by molar-refractivity contribution is 9.10. The first kappa shape index (κ1) is 12.7. The van der Waals surface area contributed by atoms with Gasteiger partial charge in [-0.1, -0.05) is 12.1 Å². The van der Waals surface area contributed by atoms with Crippen LogP contribution in [0, 0.1) is 12.7 Å². The van der Waals surface area contributed by atoms with Crippen LogP contribution < -0.4 is 5.73 Å². The van der Waals surface area contributed by atoms with Crippen molar-refractivity contribution in [2.45, 2.75) is 19.4 Å². The molecule has 4 heteroatoms. The molecule has 1 aromatic carbocycles. The van der Waals surface area contributed by atoms with Crippen LogP contribution in [-0.4, -0.2) is 0 Å². The molecule has 17 heavy (non-hydrogen) atoms. The number of halogens is 2. The van der Waals surface area contributed by atoms with E-state index in [4.69, 9.17) is 5.73 Å². The standard InChI is InChI=1S/C13H13BrFNS/c1-8-2-3-9(11(15)6-8)12(16)7-13-10(14)4-5-17-13/h2-6,12H,7,16H2,1H3. The van der Waals surface area contributed by atoms with E-state index in [0.717, 1.165) is 14.9 Å². The summed E-state index contributed by atoms with van der Waals surface area (Å²) in [6, 6.07) is 6.88. The minimum atomic E-state index is -0.300. The third-order valence-electron chi connectivity index (χ3n) is 2.65. The predicted octanol–water partition coefficient (Wildman–Crippen LogP) is 4.20. The summed E-state index contributed by atoms with van der Waals surface area (Å²) < 4.78 is 14.8. The van der Waals surface area contributed by atoms with Crippen LogP contribution in [0.2, 0.25) is 0 Å². The van der Waals surface area contributed by atoms with Crippen LogP contribution in [0.15, 0.2) is 34.1 Å². The Labute approximate surface area is 113 Å². The van der Waals surface area contributed by atoms with Crippen LogP contribution in [0.5, 0.6) is 0 Å². The summed E-state index contributed by atoms with van der Waals surface area (Å²) in [6.07, 6.45) is 0.651. The van der Waals surface area contributed by atoms with Gasteiger partial charge in [0.25, 0.3) is 0 Å². The number of thiophene rings is 1. The van der Waals surface area contributed by atoms with Gasteiger partial charge in [0.05, 0.1) is 0 Å². The third kappa shape index (κ3) is 2.94. The van der Waals surface area contributed by atoms with Crippen molar-refractivity contribution in [1.29, 1.82) is 0 Å². The molecule has 1 atom stereocenters. The molecule has 2 N–H and O–H groups in total. The highest BCUT2D eigenvalue weighted by atomic mass is 79.9. The topological polar surface area (TPSA) is 26.0 Å². The average Bonchev–Trinajstić information content (AvgIpc) is 2.64. The molecule has 0 aliphatic rings. The molecule has 1 nitrogen and oxygen atoms in total. The Hall–Kier alpha value is -0.710. The van der Waals surface area contributed by atoms with Gasteiger partial charge in [0.1, 0.15) is 5.82 Å². The molecular weight excluding hydrogens is 301 g/mol. The number of nitrogens with two attached hydrogens (primary N) is 1. The van der Waals surface area contributed by atoms with E-state index >= 15 is 0 Å². The second-order valence-electron chi connectivity index (χ2n) is 4.03. The predicted molar refractivity (Wildman–Crippen MR) is 73.8 cm³/mol. The molecule has 0 spiro atoms. The van der Waals surface area contributed by atoms with E-state index in [1.54, 1.807) is 17.4 Å². The molecule has 0 saturated heterocycles. The Bertz CT molecular complexity index is 524. The Balaban J connectivity index is 2.20. The van der Waals surface area contributed by atoms with Crippen LogP contribution in [0.4, 0.5) is 4.39 Å². The van der Waals surface area contributed by atoms with Crippen molar-refractivity contribution in [2.24, 2.45) is 5.73 Å². The molecule has 1 unspecified atom stereocenters. The Kier molecular flexibility index (Phi) is 3.97. The average molecular weight is 314 g/mol. The second-order valence-corrected chi connectivity index (χ2v) is 5.88. The lowest BCUT2D eigenvalue weighted by Crippen LogP contribution is -2.14. The quantitative estimate of drug-likeness (QED) is 0.903. The Morgan fingerprint density at radius 2 is 2.18 bits per heavy atom. The SMILES string of the molecule is Cc1ccc(C(N)Cc2sccc2Br)c(F)c1. The molecule has 1 aromatic heterocycles. The van der Waals surface area contributed by atoms with E-state index < -0.39 is 0 Å². The summed E-state index contributed by atoms with van der Waals surface area (Å²) in [5.74, 6) is -0.217. The van der Waals surface area contributed by atoms with Gasteiger partial charge in [0.15, 0.2) is 0 Å². The molecule has 90 valence electrons. The monoisotopic (exact) mass is 313 g/mol. The maximum absolute atomic E-state index is 13.7. The first-order valence-corrected chi connectivity index (χ1v) is 6.98. The van der Waals surface area contributed by atoms with Crippen molar-refractivity contribution < 1.29 is 4.39 Å². The number of rotatable bonds is 3. The number of aryl methyl sites for hydroxylation is 1. The summed E-state index contributed by atoms with van der Waals surface area (Å²) >= 11 is 5.09. The zero-order chi connectivity index (χ0) is 12.4. The molecule has 0 bridgehead atoms. The summed E-state index contributed by atoms with van der Waals surface area (Å²) in [7, 11) is 0. The lowest BCUT2D eigenvalue weighted by molar-refractivity contribution is 0.580. The molecule has 0 saturated carbocycles. The second kappa shape index (κ2) is 5.29. The smallest absolute Gasteiger partial charge is 0.128 e. The number of hydrogen-bond donors (Lipinski definition) is 1. The molecule has 0 aliphatic heterocycles. The lowest BCUT2D eigenvalue weighted by atomic mass is 10.0. The van der Waals surface area contributed by atoms with E-state index in [-0.39, 0.29) is 11.9 Å². The van der Waals surface area contributed by atoms with Crippen LogP contribution in [0.3, 0.4) is 0 Å². The summed E-state index contributed by atoms with van der Waals surface area (Å²) in [5, 5.41) is 2.00. The molecule has 0 amide bonds. The van der Waals surface area contributed by atoms with Gasteiger partial charge in [0, 0.05) is 27.4 Å². The minimum absolute atomic E-state index is 0.217.